The lowest BCUT2D eigenvalue weighted by Crippen LogP contribution is -2.12. The van der Waals surface area contributed by atoms with Crippen LogP contribution < -0.4 is 0 Å². The highest BCUT2D eigenvalue weighted by Crippen LogP contribution is 2.11. The molecule has 2 nitrogen and oxygen atoms in total. The van der Waals surface area contributed by atoms with Gasteiger partial charge in [-0.2, -0.15) is 0 Å². The number of furan rings is 1. The molecule has 1 unspecified atom stereocenters. The third-order valence-electron chi connectivity index (χ3n) is 2.23. The van der Waals surface area contributed by atoms with Crippen LogP contribution in [0.4, 0.5) is 0 Å². The van der Waals surface area contributed by atoms with E-state index in [1.54, 1.807) is 12.5 Å². The first-order valence-electron chi connectivity index (χ1n) is 4.77. The maximum Gasteiger partial charge on any atom is 0.140 e. The molecule has 2 heteroatoms. The van der Waals surface area contributed by atoms with Crippen LogP contribution in [0.2, 0.25) is 0 Å². The Kier molecular flexibility index (Phi) is 3.74. The van der Waals surface area contributed by atoms with E-state index < -0.39 is 0 Å². The van der Waals surface area contributed by atoms with Gasteiger partial charge in [-0.15, -0.1) is 0 Å². The first-order valence-corrected chi connectivity index (χ1v) is 4.77. The second-order valence-corrected chi connectivity index (χ2v) is 3.46. The number of hydrogen-bond donors (Lipinski definition) is 0. The lowest BCUT2D eigenvalue weighted by atomic mass is 9.97. The van der Waals surface area contributed by atoms with Crippen molar-refractivity contribution < 1.29 is 9.21 Å². The molecule has 1 heterocycles. The third-order valence-corrected chi connectivity index (χ3v) is 2.23. The van der Waals surface area contributed by atoms with Crippen molar-refractivity contribution in [3.63, 3.8) is 0 Å². The van der Waals surface area contributed by atoms with Gasteiger partial charge in [0, 0.05) is 12.3 Å². The fourth-order valence-electron chi connectivity index (χ4n) is 1.36. The van der Waals surface area contributed by atoms with Gasteiger partial charge in [0.05, 0.1) is 12.5 Å². The molecule has 0 aliphatic rings. The van der Waals surface area contributed by atoms with Crippen LogP contribution in [-0.4, -0.2) is 5.78 Å². The summed E-state index contributed by atoms with van der Waals surface area (Å²) in [5.74, 6) is 0.489. The van der Waals surface area contributed by atoms with Gasteiger partial charge >= 0.3 is 0 Å². The molecule has 1 aromatic rings. The predicted molar refractivity (Wildman–Crippen MR) is 51.5 cm³/mol. The van der Waals surface area contributed by atoms with Crippen molar-refractivity contribution in [2.45, 2.75) is 33.1 Å². The number of ketones is 1. The summed E-state index contributed by atoms with van der Waals surface area (Å²) in [7, 11) is 0. The zero-order valence-corrected chi connectivity index (χ0v) is 8.25. The minimum absolute atomic E-state index is 0.180. The zero-order chi connectivity index (χ0) is 9.68. The first-order chi connectivity index (χ1) is 6.24. The molecule has 0 fully saturated rings. The normalized spacial score (nSPS) is 12.8. The van der Waals surface area contributed by atoms with Gasteiger partial charge in [-0.1, -0.05) is 20.3 Å². The van der Waals surface area contributed by atoms with Crippen LogP contribution in [0.25, 0.3) is 0 Å². The van der Waals surface area contributed by atoms with E-state index in [0.29, 0.717) is 12.2 Å². The lowest BCUT2D eigenvalue weighted by Gasteiger charge is -2.06. The Morgan fingerprint density at radius 2 is 2.38 bits per heavy atom. The second-order valence-electron chi connectivity index (χ2n) is 3.46. The van der Waals surface area contributed by atoms with E-state index in [1.807, 2.05) is 13.0 Å². The molecule has 1 aromatic heterocycles. The Balaban J connectivity index is 2.41. The molecule has 0 N–H and O–H groups in total. The zero-order valence-electron chi connectivity index (χ0n) is 8.25. The molecular weight excluding hydrogens is 164 g/mol. The number of Topliss-reactive ketones (excluding diaryl/α,β-unsaturated/α-hetero) is 1. The van der Waals surface area contributed by atoms with Crippen molar-refractivity contribution in [1.29, 1.82) is 0 Å². The standard InChI is InChI=1S/C11H16O2/c1-3-4-9(2)11(12)7-10-5-6-13-8-10/h5-6,8-9H,3-4,7H2,1-2H3. The van der Waals surface area contributed by atoms with Gasteiger partial charge in [0.1, 0.15) is 5.78 Å². The molecule has 0 aliphatic carbocycles. The smallest absolute Gasteiger partial charge is 0.140 e. The van der Waals surface area contributed by atoms with E-state index in [9.17, 15) is 4.79 Å². The van der Waals surface area contributed by atoms with E-state index in [0.717, 1.165) is 18.4 Å². The van der Waals surface area contributed by atoms with Crippen LogP contribution in [0.5, 0.6) is 0 Å². The molecule has 0 aromatic carbocycles. The topological polar surface area (TPSA) is 30.2 Å². The first kappa shape index (κ1) is 10.0. The molecule has 1 atom stereocenters. The fourth-order valence-corrected chi connectivity index (χ4v) is 1.36. The van der Waals surface area contributed by atoms with Crippen LogP contribution >= 0.6 is 0 Å². The van der Waals surface area contributed by atoms with Crippen LogP contribution in [-0.2, 0) is 11.2 Å². The summed E-state index contributed by atoms with van der Waals surface area (Å²) in [4.78, 5) is 11.6. The summed E-state index contributed by atoms with van der Waals surface area (Å²) >= 11 is 0. The summed E-state index contributed by atoms with van der Waals surface area (Å²) in [6.45, 7) is 4.09. The third kappa shape index (κ3) is 3.05. The number of carbonyl (C=O) groups excluding carboxylic acids is 1. The number of carbonyl (C=O) groups is 1. The molecule has 0 bridgehead atoms. The molecule has 1 rings (SSSR count). The van der Waals surface area contributed by atoms with Gasteiger partial charge in [0.2, 0.25) is 0 Å². The lowest BCUT2D eigenvalue weighted by molar-refractivity contribution is -0.121. The van der Waals surface area contributed by atoms with E-state index in [4.69, 9.17) is 4.42 Å². The summed E-state index contributed by atoms with van der Waals surface area (Å²) in [5, 5.41) is 0. The largest absolute Gasteiger partial charge is 0.472 e. The minimum atomic E-state index is 0.180. The Morgan fingerprint density at radius 1 is 1.62 bits per heavy atom. The SMILES string of the molecule is CCCC(C)C(=O)Cc1ccoc1. The Labute approximate surface area is 78.9 Å². The van der Waals surface area contributed by atoms with Crippen LogP contribution in [0, 0.1) is 5.92 Å². The van der Waals surface area contributed by atoms with Crippen LogP contribution in [0.1, 0.15) is 32.3 Å². The second kappa shape index (κ2) is 4.85. The van der Waals surface area contributed by atoms with Gasteiger partial charge < -0.3 is 4.42 Å². The molecule has 0 radical (unpaired) electrons. The van der Waals surface area contributed by atoms with Crippen molar-refractivity contribution >= 4 is 5.78 Å². The van der Waals surface area contributed by atoms with Crippen molar-refractivity contribution in [1.82, 2.24) is 0 Å². The summed E-state index contributed by atoms with van der Waals surface area (Å²) < 4.78 is 4.90. The minimum Gasteiger partial charge on any atom is -0.472 e. The summed E-state index contributed by atoms with van der Waals surface area (Å²) in [5.41, 5.74) is 0.980. The van der Waals surface area contributed by atoms with Gasteiger partial charge in [0.25, 0.3) is 0 Å². The van der Waals surface area contributed by atoms with Crippen LogP contribution in [0.3, 0.4) is 0 Å². The fraction of sp³-hybridized carbons (Fsp3) is 0.545. The molecule has 13 heavy (non-hydrogen) atoms. The highest BCUT2D eigenvalue weighted by Gasteiger charge is 2.12. The van der Waals surface area contributed by atoms with Crippen molar-refractivity contribution in [3.8, 4) is 0 Å². The van der Waals surface area contributed by atoms with Crippen LogP contribution in [0.15, 0.2) is 23.0 Å². The highest BCUT2D eigenvalue weighted by atomic mass is 16.3. The quantitative estimate of drug-likeness (QED) is 0.697. The Morgan fingerprint density at radius 3 is 2.92 bits per heavy atom. The number of hydrogen-bond acceptors (Lipinski definition) is 2. The van der Waals surface area contributed by atoms with E-state index in [-0.39, 0.29) is 5.92 Å². The number of rotatable bonds is 5. The monoisotopic (exact) mass is 180 g/mol. The molecule has 0 saturated heterocycles. The molecule has 0 aliphatic heterocycles. The molecule has 0 amide bonds. The molecule has 0 spiro atoms. The molecule has 0 saturated carbocycles. The molecule has 72 valence electrons. The van der Waals surface area contributed by atoms with Crippen molar-refractivity contribution in [3.05, 3.63) is 24.2 Å². The Hall–Kier alpha value is -1.05. The summed E-state index contributed by atoms with van der Waals surface area (Å²) in [6, 6.07) is 1.84. The van der Waals surface area contributed by atoms with E-state index in [2.05, 4.69) is 6.92 Å². The van der Waals surface area contributed by atoms with Gasteiger partial charge in [-0.25, -0.2) is 0 Å². The van der Waals surface area contributed by atoms with E-state index in [1.165, 1.54) is 0 Å². The van der Waals surface area contributed by atoms with Gasteiger partial charge in [-0.3, -0.25) is 4.79 Å². The van der Waals surface area contributed by atoms with Crippen molar-refractivity contribution in [2.75, 3.05) is 0 Å². The molecular formula is C11H16O2. The maximum atomic E-state index is 11.6. The van der Waals surface area contributed by atoms with Gasteiger partial charge in [0.15, 0.2) is 0 Å². The Bertz CT molecular complexity index is 249. The predicted octanol–water partition coefficient (Wildman–Crippen LogP) is 2.83. The highest BCUT2D eigenvalue weighted by molar-refractivity contribution is 5.82. The van der Waals surface area contributed by atoms with Gasteiger partial charge in [-0.05, 0) is 18.1 Å². The maximum absolute atomic E-state index is 11.6. The summed E-state index contributed by atoms with van der Waals surface area (Å²) in [6.07, 6.45) is 5.80. The van der Waals surface area contributed by atoms with Crippen molar-refractivity contribution in [2.24, 2.45) is 5.92 Å². The average molecular weight is 180 g/mol. The average Bonchev–Trinajstić information content (AvgIpc) is 2.57. The van der Waals surface area contributed by atoms with E-state index >= 15 is 0 Å².